The molecule has 0 spiro atoms. The fourth-order valence-electron chi connectivity index (χ4n) is 3.33. The molecular weight excluding hydrogens is 333 g/mol. The number of hydrogen-bond donors (Lipinski definition) is 0. The second kappa shape index (κ2) is 6.42. The summed E-state index contributed by atoms with van der Waals surface area (Å²) >= 11 is 12.1. The molecule has 1 aliphatic heterocycles. The first kappa shape index (κ1) is 16.7. The normalized spacial score (nSPS) is 19.7. The van der Waals surface area contributed by atoms with E-state index >= 15 is 0 Å². The fourth-order valence-corrected chi connectivity index (χ4v) is 3.66. The molecule has 4 nitrogen and oxygen atoms in total. The maximum absolute atomic E-state index is 12.7. The van der Waals surface area contributed by atoms with Gasteiger partial charge in [-0.25, -0.2) is 4.98 Å². The Balaban J connectivity index is 2.09. The van der Waals surface area contributed by atoms with Crippen LogP contribution in [0.2, 0.25) is 10.0 Å². The summed E-state index contributed by atoms with van der Waals surface area (Å²) in [6, 6.07) is 3.80. The minimum Gasteiger partial charge on any atom is -0.300 e. The van der Waals surface area contributed by atoms with Crippen molar-refractivity contribution in [1.82, 2.24) is 14.5 Å². The quantitative estimate of drug-likeness (QED) is 0.823. The third-order valence-electron chi connectivity index (χ3n) is 4.70. The molecule has 1 fully saturated rings. The van der Waals surface area contributed by atoms with Crippen molar-refractivity contribution < 1.29 is 0 Å². The average molecular weight is 354 g/mol. The molecule has 1 aromatic heterocycles. The van der Waals surface area contributed by atoms with Gasteiger partial charge in [0.05, 0.1) is 20.9 Å². The number of fused-ring (bicyclic) bond motifs is 1. The van der Waals surface area contributed by atoms with Gasteiger partial charge in [0, 0.05) is 25.6 Å². The Kier molecular flexibility index (Phi) is 4.68. The highest BCUT2D eigenvalue weighted by atomic mass is 35.5. The van der Waals surface area contributed by atoms with Crippen LogP contribution in [0.4, 0.5) is 0 Å². The van der Waals surface area contributed by atoms with Gasteiger partial charge in [-0.05, 0) is 45.4 Å². The highest BCUT2D eigenvalue weighted by Crippen LogP contribution is 2.29. The highest BCUT2D eigenvalue weighted by Gasteiger charge is 2.26. The number of hydrogen-bond acceptors (Lipinski definition) is 3. The Morgan fingerprint density at radius 2 is 1.96 bits per heavy atom. The van der Waals surface area contributed by atoms with E-state index in [9.17, 15) is 4.79 Å². The lowest BCUT2D eigenvalue weighted by Gasteiger charge is -2.35. The van der Waals surface area contributed by atoms with Crippen LogP contribution in [0.1, 0.15) is 38.4 Å². The Morgan fingerprint density at radius 3 is 2.65 bits per heavy atom. The molecular formula is C17H21Cl2N3O. The summed E-state index contributed by atoms with van der Waals surface area (Å²) < 4.78 is 1.67. The van der Waals surface area contributed by atoms with E-state index in [1.807, 2.05) is 0 Å². The van der Waals surface area contributed by atoms with Gasteiger partial charge in [-0.1, -0.05) is 23.2 Å². The first-order valence-corrected chi connectivity index (χ1v) is 8.73. The van der Waals surface area contributed by atoms with Crippen LogP contribution in [0.3, 0.4) is 0 Å². The van der Waals surface area contributed by atoms with Crippen LogP contribution < -0.4 is 5.56 Å². The minimum absolute atomic E-state index is 0.0646. The second-order valence-electron chi connectivity index (χ2n) is 6.55. The zero-order valence-corrected chi connectivity index (χ0v) is 15.2. The van der Waals surface area contributed by atoms with Gasteiger partial charge in [-0.15, -0.1) is 0 Å². The van der Waals surface area contributed by atoms with Crippen LogP contribution in [0.25, 0.3) is 10.9 Å². The van der Waals surface area contributed by atoms with E-state index in [0.29, 0.717) is 27.0 Å². The number of likely N-dealkylation sites (tertiary alicyclic amines) is 1. The van der Waals surface area contributed by atoms with Crippen molar-refractivity contribution >= 4 is 34.1 Å². The molecule has 6 heteroatoms. The zero-order valence-electron chi connectivity index (χ0n) is 13.6. The summed E-state index contributed by atoms with van der Waals surface area (Å²) in [6.45, 7) is 6.45. The van der Waals surface area contributed by atoms with Crippen LogP contribution in [0, 0.1) is 0 Å². The Bertz CT molecular complexity index is 801. The van der Waals surface area contributed by atoms with Gasteiger partial charge >= 0.3 is 0 Å². The largest absolute Gasteiger partial charge is 0.300 e. The summed E-state index contributed by atoms with van der Waals surface area (Å²) in [5, 5.41) is 1.33. The molecule has 1 aromatic carbocycles. The number of aromatic nitrogens is 2. The standard InChI is InChI=1S/C17H21Cl2N3O/c1-10(2)22-6-4-5-11(9-22)16-20-15-8-14(19)13(18)7-12(15)17(23)21(16)3/h7-8,10-11H,4-6,9H2,1-3H3/t11-/m1/s1. The van der Waals surface area contributed by atoms with Gasteiger partial charge in [0.25, 0.3) is 5.56 Å². The van der Waals surface area contributed by atoms with Crippen LogP contribution in [-0.4, -0.2) is 33.6 Å². The molecule has 3 rings (SSSR count). The third-order valence-corrected chi connectivity index (χ3v) is 5.42. The molecule has 0 radical (unpaired) electrons. The molecule has 0 bridgehead atoms. The number of halogens is 2. The Labute approximate surface area is 146 Å². The van der Waals surface area contributed by atoms with Crippen molar-refractivity contribution in [1.29, 1.82) is 0 Å². The van der Waals surface area contributed by atoms with E-state index < -0.39 is 0 Å². The summed E-state index contributed by atoms with van der Waals surface area (Å²) in [4.78, 5) is 19.9. The van der Waals surface area contributed by atoms with E-state index in [-0.39, 0.29) is 11.5 Å². The van der Waals surface area contributed by atoms with Gasteiger partial charge in [0.2, 0.25) is 0 Å². The SMILES string of the molecule is CC(C)N1CCC[C@@H](c2nc3cc(Cl)c(Cl)cc3c(=O)n2C)C1. The minimum atomic E-state index is -0.0646. The van der Waals surface area contributed by atoms with Crippen molar-refractivity contribution in [2.24, 2.45) is 7.05 Å². The van der Waals surface area contributed by atoms with Crippen molar-refractivity contribution in [3.8, 4) is 0 Å². The smallest absolute Gasteiger partial charge is 0.261 e. The Hall–Kier alpha value is -1.10. The predicted molar refractivity (Wildman–Crippen MR) is 95.7 cm³/mol. The lowest BCUT2D eigenvalue weighted by molar-refractivity contribution is 0.163. The van der Waals surface area contributed by atoms with Crippen LogP contribution in [0.5, 0.6) is 0 Å². The van der Waals surface area contributed by atoms with Gasteiger partial charge in [-0.3, -0.25) is 9.36 Å². The lowest BCUT2D eigenvalue weighted by Crippen LogP contribution is -2.40. The molecule has 1 saturated heterocycles. The first-order valence-electron chi connectivity index (χ1n) is 7.98. The topological polar surface area (TPSA) is 38.1 Å². The maximum Gasteiger partial charge on any atom is 0.261 e. The molecule has 0 amide bonds. The lowest BCUT2D eigenvalue weighted by atomic mass is 9.95. The molecule has 1 aliphatic rings. The average Bonchev–Trinajstić information content (AvgIpc) is 2.53. The number of rotatable bonds is 2. The second-order valence-corrected chi connectivity index (χ2v) is 7.36. The highest BCUT2D eigenvalue weighted by molar-refractivity contribution is 6.42. The molecule has 2 aromatic rings. The summed E-state index contributed by atoms with van der Waals surface area (Å²) in [7, 11) is 1.79. The van der Waals surface area contributed by atoms with Crippen LogP contribution in [0.15, 0.2) is 16.9 Å². The van der Waals surface area contributed by atoms with E-state index in [4.69, 9.17) is 28.2 Å². The van der Waals surface area contributed by atoms with Gasteiger partial charge in [0.1, 0.15) is 5.82 Å². The molecule has 0 unspecified atom stereocenters. The van der Waals surface area contributed by atoms with E-state index in [1.165, 1.54) is 0 Å². The van der Waals surface area contributed by atoms with Crippen molar-refractivity contribution in [2.45, 2.75) is 38.6 Å². The number of benzene rings is 1. The molecule has 0 aliphatic carbocycles. The first-order chi connectivity index (χ1) is 10.9. The van der Waals surface area contributed by atoms with Crippen LogP contribution in [-0.2, 0) is 7.05 Å². The summed E-state index contributed by atoms with van der Waals surface area (Å²) in [5.74, 6) is 1.11. The van der Waals surface area contributed by atoms with Gasteiger partial charge < -0.3 is 4.90 Å². The van der Waals surface area contributed by atoms with E-state index in [0.717, 1.165) is 31.8 Å². The van der Waals surface area contributed by atoms with Crippen LogP contribution >= 0.6 is 23.2 Å². The van der Waals surface area contributed by atoms with Crippen molar-refractivity contribution in [2.75, 3.05) is 13.1 Å². The molecule has 23 heavy (non-hydrogen) atoms. The molecule has 2 heterocycles. The van der Waals surface area contributed by atoms with E-state index in [1.54, 1.807) is 23.7 Å². The van der Waals surface area contributed by atoms with Crippen molar-refractivity contribution in [3.63, 3.8) is 0 Å². The van der Waals surface area contributed by atoms with Gasteiger partial charge in [0.15, 0.2) is 0 Å². The maximum atomic E-state index is 12.7. The Morgan fingerprint density at radius 1 is 1.26 bits per heavy atom. The van der Waals surface area contributed by atoms with Crippen molar-refractivity contribution in [3.05, 3.63) is 38.4 Å². The fraction of sp³-hybridized carbons (Fsp3) is 0.529. The van der Waals surface area contributed by atoms with Gasteiger partial charge in [-0.2, -0.15) is 0 Å². The number of nitrogens with zero attached hydrogens (tertiary/aromatic N) is 3. The monoisotopic (exact) mass is 353 g/mol. The molecule has 124 valence electrons. The third kappa shape index (κ3) is 3.12. The zero-order chi connectivity index (χ0) is 16.7. The predicted octanol–water partition coefficient (Wildman–Crippen LogP) is 3.83. The summed E-state index contributed by atoms with van der Waals surface area (Å²) in [6.07, 6.45) is 2.18. The molecule has 0 N–H and O–H groups in total. The molecule has 0 saturated carbocycles. The van der Waals surface area contributed by atoms with E-state index in [2.05, 4.69) is 18.7 Å². The summed E-state index contributed by atoms with van der Waals surface area (Å²) in [5.41, 5.74) is 0.560. The number of piperidine rings is 1. The molecule has 1 atom stereocenters.